The lowest BCUT2D eigenvalue weighted by Gasteiger charge is -2.22. The number of nitrogens with zero attached hydrogens (tertiary/aromatic N) is 3. The number of nitrogens with one attached hydrogen (secondary N) is 2. The van der Waals surface area contributed by atoms with Gasteiger partial charge in [0.2, 0.25) is 0 Å². The molecule has 0 amide bonds. The molecule has 2 aromatic carbocycles. The van der Waals surface area contributed by atoms with Crippen LogP contribution in [-0.2, 0) is 11.2 Å². The molecule has 0 bridgehead atoms. The first-order chi connectivity index (χ1) is 15.5. The first kappa shape index (κ1) is 20.0. The molecule has 0 spiro atoms. The molecule has 8 nitrogen and oxygen atoms in total. The van der Waals surface area contributed by atoms with E-state index < -0.39 is 5.97 Å². The molecule has 1 aromatic heterocycles. The fourth-order valence-electron chi connectivity index (χ4n) is 3.86. The maximum atomic E-state index is 12.4. The molecular weight excluding hydrogens is 430 g/mol. The van der Waals surface area contributed by atoms with Crippen LogP contribution in [-0.4, -0.2) is 37.8 Å². The van der Waals surface area contributed by atoms with Crippen molar-refractivity contribution < 1.29 is 9.53 Å². The van der Waals surface area contributed by atoms with Gasteiger partial charge in [-0.2, -0.15) is 5.10 Å². The largest absolute Gasteiger partial charge is 0.465 e. The van der Waals surface area contributed by atoms with Crippen molar-refractivity contribution in [1.29, 1.82) is 0 Å². The smallest absolute Gasteiger partial charge is 0.341 e. The van der Waals surface area contributed by atoms with E-state index >= 15 is 0 Å². The highest BCUT2D eigenvalue weighted by atomic mass is 35.5. The number of benzene rings is 2. The fourth-order valence-corrected chi connectivity index (χ4v) is 3.99. The Morgan fingerprint density at radius 1 is 1.16 bits per heavy atom. The highest BCUT2D eigenvalue weighted by Crippen LogP contribution is 2.29. The molecule has 0 radical (unpaired) electrons. The van der Waals surface area contributed by atoms with E-state index in [-0.39, 0.29) is 22.9 Å². The minimum Gasteiger partial charge on any atom is -0.465 e. The minimum absolute atomic E-state index is 0.201. The molecule has 2 aliphatic heterocycles. The molecule has 2 aliphatic rings. The molecule has 0 saturated heterocycles. The molecule has 160 valence electrons. The summed E-state index contributed by atoms with van der Waals surface area (Å²) in [6, 6.07) is 14.9. The molecule has 3 aromatic rings. The standard InChI is InChI=1S/C23H18ClN5O3/c1-32-23(31)16-12-29(11-15-21(16)27-28-22(15)30)19(13-6-8-14(24)9-7-13)10-20-25-17-4-2-3-5-18(17)26-20/h2-9,11-12,19H,10H2,1H3,(H,25,26)(H,28,30)/t19-/m1/s1. The Balaban J connectivity index is 1.67. The van der Waals surface area contributed by atoms with E-state index in [4.69, 9.17) is 21.3 Å². The maximum absolute atomic E-state index is 12.4. The van der Waals surface area contributed by atoms with E-state index in [0.29, 0.717) is 17.0 Å². The number of carbonyl (C=O) groups excluding carboxylic acids is 1. The average molecular weight is 448 g/mol. The lowest BCUT2D eigenvalue weighted by atomic mass is 10.0. The number of carbonyl (C=O) groups is 1. The zero-order valence-electron chi connectivity index (χ0n) is 17.0. The van der Waals surface area contributed by atoms with Crippen LogP contribution < -0.4 is 5.56 Å². The fraction of sp³-hybridized carbons (Fsp3) is 0.130. The average Bonchev–Trinajstić information content (AvgIpc) is 3.40. The Hall–Kier alpha value is -3.91. The van der Waals surface area contributed by atoms with Gasteiger partial charge in [-0.1, -0.05) is 35.9 Å². The lowest BCUT2D eigenvalue weighted by molar-refractivity contribution is 0.0600. The number of fused-ring (bicyclic) bond motifs is 2. The van der Waals surface area contributed by atoms with Gasteiger partial charge in [0, 0.05) is 23.8 Å². The molecule has 0 unspecified atom stereocenters. The van der Waals surface area contributed by atoms with Gasteiger partial charge in [0.25, 0.3) is 5.56 Å². The Morgan fingerprint density at radius 3 is 2.69 bits per heavy atom. The van der Waals surface area contributed by atoms with Gasteiger partial charge in [-0.15, -0.1) is 0 Å². The Kier molecular flexibility index (Phi) is 4.99. The molecule has 32 heavy (non-hydrogen) atoms. The van der Waals surface area contributed by atoms with Crippen molar-refractivity contribution in [3.05, 3.63) is 93.3 Å². The number of aromatic amines is 2. The SMILES string of the molecule is COC(=O)c1cn([C@H](Cc2nc3ccccc3[nH]2)c2ccc(Cl)cc2)cc2c(=O)[nH]nc1-2. The van der Waals surface area contributed by atoms with Crippen LogP contribution in [0.3, 0.4) is 0 Å². The number of ether oxygens (including phenoxy) is 1. The van der Waals surface area contributed by atoms with Crippen molar-refractivity contribution in [2.24, 2.45) is 0 Å². The van der Waals surface area contributed by atoms with Gasteiger partial charge >= 0.3 is 5.97 Å². The Morgan fingerprint density at radius 2 is 1.94 bits per heavy atom. The van der Waals surface area contributed by atoms with Gasteiger partial charge in [0.15, 0.2) is 0 Å². The second-order valence-electron chi connectivity index (χ2n) is 7.40. The van der Waals surface area contributed by atoms with E-state index in [0.717, 1.165) is 22.4 Å². The van der Waals surface area contributed by atoms with Crippen molar-refractivity contribution in [3.63, 3.8) is 0 Å². The van der Waals surface area contributed by atoms with Gasteiger partial charge in [0.05, 0.1) is 29.7 Å². The number of rotatable bonds is 5. The second kappa shape index (κ2) is 7.97. The number of hydrogen-bond acceptors (Lipinski definition) is 5. The molecule has 0 saturated carbocycles. The number of hydrogen-bond donors (Lipinski definition) is 2. The summed E-state index contributed by atoms with van der Waals surface area (Å²) in [5.74, 6) is 0.197. The molecule has 0 fully saturated rings. The minimum atomic E-state index is -0.575. The predicted molar refractivity (Wildman–Crippen MR) is 120 cm³/mol. The van der Waals surface area contributed by atoms with Crippen LogP contribution in [0.1, 0.15) is 27.8 Å². The first-order valence-electron chi connectivity index (χ1n) is 9.91. The maximum Gasteiger partial charge on any atom is 0.341 e. The zero-order chi connectivity index (χ0) is 22.2. The molecule has 3 heterocycles. The van der Waals surface area contributed by atoms with E-state index in [1.54, 1.807) is 24.5 Å². The van der Waals surface area contributed by atoms with Gasteiger partial charge in [0.1, 0.15) is 17.1 Å². The van der Waals surface area contributed by atoms with Gasteiger partial charge in [-0.3, -0.25) is 4.79 Å². The second-order valence-corrected chi connectivity index (χ2v) is 7.83. The highest BCUT2D eigenvalue weighted by Gasteiger charge is 2.25. The topological polar surface area (TPSA) is 106 Å². The predicted octanol–water partition coefficient (Wildman–Crippen LogP) is 3.82. The van der Waals surface area contributed by atoms with Crippen molar-refractivity contribution in [2.45, 2.75) is 12.5 Å². The van der Waals surface area contributed by atoms with Crippen LogP contribution in [0.25, 0.3) is 22.3 Å². The summed E-state index contributed by atoms with van der Waals surface area (Å²) in [5, 5.41) is 7.03. The summed E-state index contributed by atoms with van der Waals surface area (Å²) in [7, 11) is 1.29. The summed E-state index contributed by atoms with van der Waals surface area (Å²) in [6.07, 6.45) is 3.82. The van der Waals surface area contributed by atoms with Crippen LogP contribution in [0.4, 0.5) is 0 Å². The van der Waals surface area contributed by atoms with E-state index in [1.165, 1.54) is 7.11 Å². The van der Waals surface area contributed by atoms with Crippen LogP contribution in [0.15, 0.2) is 65.7 Å². The van der Waals surface area contributed by atoms with E-state index in [2.05, 4.69) is 15.2 Å². The molecule has 5 rings (SSSR count). The number of aromatic nitrogens is 5. The molecule has 0 aliphatic carbocycles. The first-order valence-corrected chi connectivity index (χ1v) is 10.3. The highest BCUT2D eigenvalue weighted by molar-refractivity contribution is 6.30. The summed E-state index contributed by atoms with van der Waals surface area (Å²) in [5.41, 5.74) is 3.14. The number of imidazole rings is 1. The third-order valence-electron chi connectivity index (χ3n) is 5.43. The van der Waals surface area contributed by atoms with Crippen LogP contribution in [0.2, 0.25) is 5.02 Å². The third kappa shape index (κ3) is 3.54. The van der Waals surface area contributed by atoms with Crippen molar-refractivity contribution in [3.8, 4) is 11.3 Å². The van der Waals surface area contributed by atoms with Crippen LogP contribution in [0, 0.1) is 0 Å². The summed E-state index contributed by atoms with van der Waals surface area (Å²) in [6.45, 7) is 0. The molecular formula is C23H18ClN5O3. The number of esters is 1. The van der Waals surface area contributed by atoms with Crippen molar-refractivity contribution >= 4 is 28.6 Å². The molecule has 9 heteroatoms. The van der Waals surface area contributed by atoms with Crippen molar-refractivity contribution in [2.75, 3.05) is 7.11 Å². The van der Waals surface area contributed by atoms with Crippen LogP contribution in [0.5, 0.6) is 0 Å². The molecule has 1 atom stereocenters. The summed E-state index contributed by atoms with van der Waals surface area (Å²) in [4.78, 5) is 32.8. The quantitative estimate of drug-likeness (QED) is 0.398. The zero-order valence-corrected chi connectivity index (χ0v) is 17.8. The normalized spacial score (nSPS) is 12.3. The Bertz CT molecular complexity index is 1420. The lowest BCUT2D eigenvalue weighted by Crippen LogP contribution is -2.19. The van der Waals surface area contributed by atoms with E-state index in [1.807, 2.05) is 41.0 Å². The van der Waals surface area contributed by atoms with Gasteiger partial charge in [-0.05, 0) is 29.8 Å². The van der Waals surface area contributed by atoms with Crippen molar-refractivity contribution in [1.82, 2.24) is 24.7 Å². The van der Waals surface area contributed by atoms with Gasteiger partial charge in [-0.25, -0.2) is 14.9 Å². The number of halogens is 1. The summed E-state index contributed by atoms with van der Waals surface area (Å²) < 4.78 is 6.75. The Labute approximate surface area is 187 Å². The monoisotopic (exact) mass is 447 g/mol. The summed E-state index contributed by atoms with van der Waals surface area (Å²) >= 11 is 6.11. The van der Waals surface area contributed by atoms with Crippen LogP contribution >= 0.6 is 11.6 Å². The number of methoxy groups -OCH3 is 1. The van der Waals surface area contributed by atoms with E-state index in [9.17, 15) is 9.59 Å². The third-order valence-corrected chi connectivity index (χ3v) is 5.68. The van der Waals surface area contributed by atoms with Gasteiger partial charge < -0.3 is 14.3 Å². The number of H-pyrrole nitrogens is 2. The number of para-hydroxylation sites is 2. The molecule has 2 N–H and O–H groups in total. The number of pyridine rings is 1.